The maximum atomic E-state index is 12.9. The fourth-order valence-corrected chi connectivity index (χ4v) is 3.33. The topological polar surface area (TPSA) is 55.3 Å². The second-order valence-electron chi connectivity index (χ2n) is 5.24. The maximum Gasteiger partial charge on any atom is 0.270 e. The fourth-order valence-electron chi connectivity index (χ4n) is 2.30. The Hall–Kier alpha value is -2.73. The van der Waals surface area contributed by atoms with Crippen LogP contribution in [-0.2, 0) is 0 Å². The van der Waals surface area contributed by atoms with Gasteiger partial charge < -0.3 is 9.64 Å². The molecule has 24 heavy (non-hydrogen) atoms. The average molecular weight is 339 g/mol. The molecule has 1 aromatic carbocycles. The summed E-state index contributed by atoms with van der Waals surface area (Å²) in [6.45, 7) is 1.85. The number of anilines is 1. The Morgan fingerprint density at radius 1 is 1.25 bits per heavy atom. The maximum absolute atomic E-state index is 12.9. The number of nitrogens with zero attached hydrogens (tertiary/aromatic N) is 3. The van der Waals surface area contributed by atoms with Crippen LogP contribution < -0.4 is 9.64 Å². The van der Waals surface area contributed by atoms with E-state index in [1.807, 2.05) is 43.3 Å². The highest BCUT2D eigenvalue weighted by Crippen LogP contribution is 2.29. The summed E-state index contributed by atoms with van der Waals surface area (Å²) in [5.74, 6) is 0.623. The van der Waals surface area contributed by atoms with Gasteiger partial charge in [0, 0.05) is 36.8 Å². The van der Waals surface area contributed by atoms with Gasteiger partial charge in [0.2, 0.25) is 0 Å². The second-order valence-corrected chi connectivity index (χ2v) is 6.24. The minimum Gasteiger partial charge on any atom is -0.497 e. The number of carbonyl (C=O) groups excluding carboxylic acids is 1. The first-order valence-corrected chi connectivity index (χ1v) is 8.21. The molecule has 6 heteroatoms. The van der Waals surface area contributed by atoms with Gasteiger partial charge >= 0.3 is 0 Å². The van der Waals surface area contributed by atoms with E-state index in [1.165, 1.54) is 11.3 Å². The summed E-state index contributed by atoms with van der Waals surface area (Å²) in [5.41, 5.74) is 2.40. The van der Waals surface area contributed by atoms with E-state index in [2.05, 4.69) is 9.97 Å². The number of amides is 1. The molecule has 0 bridgehead atoms. The highest BCUT2D eigenvalue weighted by Gasteiger charge is 2.21. The highest BCUT2D eigenvalue weighted by molar-refractivity contribution is 7.17. The lowest BCUT2D eigenvalue weighted by atomic mass is 10.2. The highest BCUT2D eigenvalue weighted by atomic mass is 32.1. The molecule has 0 saturated carbocycles. The predicted molar refractivity (Wildman–Crippen MR) is 95.8 cm³/mol. The van der Waals surface area contributed by atoms with Crippen LogP contribution in [0.15, 0.2) is 48.8 Å². The summed E-state index contributed by atoms with van der Waals surface area (Å²) in [6.07, 6.45) is 3.46. The number of methoxy groups -OCH3 is 1. The van der Waals surface area contributed by atoms with Gasteiger partial charge in [-0.2, -0.15) is 0 Å². The first kappa shape index (κ1) is 16.1. The van der Waals surface area contributed by atoms with Gasteiger partial charge in [-0.3, -0.25) is 9.78 Å². The minimum atomic E-state index is -0.0895. The monoisotopic (exact) mass is 339 g/mol. The molecule has 0 fully saturated rings. The van der Waals surface area contributed by atoms with Crippen molar-refractivity contribution in [2.75, 3.05) is 19.1 Å². The van der Waals surface area contributed by atoms with Gasteiger partial charge in [-0.25, -0.2) is 4.98 Å². The van der Waals surface area contributed by atoms with Crippen molar-refractivity contribution in [2.45, 2.75) is 6.92 Å². The van der Waals surface area contributed by atoms with E-state index in [9.17, 15) is 4.79 Å². The molecule has 122 valence electrons. The van der Waals surface area contributed by atoms with Crippen LogP contribution in [0.1, 0.15) is 15.4 Å². The lowest BCUT2D eigenvalue weighted by molar-refractivity contribution is 0.0996. The number of hydrogen-bond donors (Lipinski definition) is 0. The number of rotatable bonds is 4. The smallest absolute Gasteiger partial charge is 0.270 e. The summed E-state index contributed by atoms with van der Waals surface area (Å²) >= 11 is 1.38. The number of pyridine rings is 1. The number of benzene rings is 1. The molecule has 5 nitrogen and oxygen atoms in total. The summed E-state index contributed by atoms with van der Waals surface area (Å²) in [6, 6.07) is 11.2. The third-order valence-electron chi connectivity index (χ3n) is 3.64. The van der Waals surface area contributed by atoms with Crippen molar-refractivity contribution < 1.29 is 9.53 Å². The van der Waals surface area contributed by atoms with E-state index in [-0.39, 0.29) is 5.91 Å². The molecule has 0 aliphatic heterocycles. The van der Waals surface area contributed by atoms with Gasteiger partial charge in [-0.05, 0) is 31.2 Å². The standard InChI is InChI=1S/C18H17N3O2S/c1-12-16(24-17(20-12)13-6-5-9-19-11-13)18(22)21(2)14-7-4-8-15(10-14)23-3/h4-11H,1-3H3. The zero-order valence-corrected chi connectivity index (χ0v) is 14.5. The number of carbonyl (C=O) groups is 1. The van der Waals surface area contributed by atoms with E-state index >= 15 is 0 Å². The number of aryl methyl sites for hydroxylation is 1. The molecule has 3 rings (SSSR count). The van der Waals surface area contributed by atoms with Crippen LogP contribution in [0.3, 0.4) is 0 Å². The van der Waals surface area contributed by atoms with E-state index in [4.69, 9.17) is 4.74 Å². The number of aromatic nitrogens is 2. The quantitative estimate of drug-likeness (QED) is 0.725. The molecular formula is C18H17N3O2S. The van der Waals surface area contributed by atoms with Gasteiger partial charge in [0.15, 0.2) is 0 Å². The lowest BCUT2D eigenvalue weighted by Gasteiger charge is -2.17. The first-order chi connectivity index (χ1) is 11.6. The van der Waals surface area contributed by atoms with Gasteiger partial charge in [0.25, 0.3) is 5.91 Å². The predicted octanol–water partition coefficient (Wildman–Crippen LogP) is 3.80. The van der Waals surface area contributed by atoms with Crippen molar-refractivity contribution in [3.8, 4) is 16.3 Å². The van der Waals surface area contributed by atoms with Gasteiger partial charge in [-0.15, -0.1) is 11.3 Å². The Kier molecular flexibility index (Phi) is 4.57. The van der Waals surface area contributed by atoms with Crippen molar-refractivity contribution >= 4 is 22.9 Å². The molecule has 0 radical (unpaired) electrons. The van der Waals surface area contributed by atoms with Crippen LogP contribution in [0.5, 0.6) is 5.75 Å². The van der Waals surface area contributed by atoms with Crippen LogP contribution in [-0.4, -0.2) is 30.0 Å². The molecule has 0 spiro atoms. The number of thiazole rings is 1. The van der Waals surface area contributed by atoms with Crippen LogP contribution in [0, 0.1) is 6.92 Å². The third kappa shape index (κ3) is 3.14. The molecule has 0 aliphatic carbocycles. The van der Waals surface area contributed by atoms with Crippen molar-refractivity contribution in [1.29, 1.82) is 0 Å². The van der Waals surface area contributed by atoms with Gasteiger partial charge in [0.1, 0.15) is 15.6 Å². The Morgan fingerprint density at radius 2 is 2.08 bits per heavy atom. The molecule has 3 aromatic rings. The molecule has 0 aliphatic rings. The van der Waals surface area contributed by atoms with Crippen LogP contribution in [0.25, 0.3) is 10.6 Å². The Morgan fingerprint density at radius 3 is 2.79 bits per heavy atom. The molecule has 2 aromatic heterocycles. The number of hydrogen-bond acceptors (Lipinski definition) is 5. The van der Waals surface area contributed by atoms with Crippen molar-refractivity contribution in [2.24, 2.45) is 0 Å². The summed E-state index contributed by atoms with van der Waals surface area (Å²) in [4.78, 5) is 23.7. The Bertz CT molecular complexity index is 862. The van der Waals surface area contributed by atoms with Crippen molar-refractivity contribution in [3.63, 3.8) is 0 Å². The van der Waals surface area contributed by atoms with Crippen molar-refractivity contribution in [1.82, 2.24) is 9.97 Å². The zero-order valence-electron chi connectivity index (χ0n) is 13.7. The zero-order chi connectivity index (χ0) is 17.1. The van der Waals surface area contributed by atoms with Crippen LogP contribution >= 0.6 is 11.3 Å². The van der Waals surface area contributed by atoms with Crippen LogP contribution in [0.2, 0.25) is 0 Å². The molecule has 2 heterocycles. The van der Waals surface area contributed by atoms with Gasteiger partial charge in [0.05, 0.1) is 12.8 Å². The molecule has 0 unspecified atom stereocenters. The summed E-state index contributed by atoms with van der Waals surface area (Å²) in [5, 5.41) is 0.794. The molecule has 0 saturated heterocycles. The van der Waals surface area contributed by atoms with Gasteiger partial charge in [-0.1, -0.05) is 6.07 Å². The first-order valence-electron chi connectivity index (χ1n) is 7.40. The average Bonchev–Trinajstić information content (AvgIpc) is 3.03. The van der Waals surface area contributed by atoms with E-state index in [0.29, 0.717) is 10.6 Å². The molecular weight excluding hydrogens is 322 g/mol. The summed E-state index contributed by atoms with van der Waals surface area (Å²) in [7, 11) is 3.36. The molecule has 1 amide bonds. The molecule has 0 atom stereocenters. The number of ether oxygens (including phenoxy) is 1. The summed E-state index contributed by atoms with van der Waals surface area (Å²) < 4.78 is 5.22. The van der Waals surface area contributed by atoms with E-state index in [1.54, 1.807) is 31.5 Å². The molecule has 0 N–H and O–H groups in total. The second kappa shape index (κ2) is 6.80. The Balaban J connectivity index is 1.91. The fraction of sp³-hybridized carbons (Fsp3) is 0.167. The largest absolute Gasteiger partial charge is 0.497 e. The SMILES string of the molecule is COc1cccc(N(C)C(=O)c2sc(-c3cccnc3)nc2C)c1. The van der Waals surface area contributed by atoms with E-state index < -0.39 is 0 Å². The van der Waals surface area contributed by atoms with Crippen LogP contribution in [0.4, 0.5) is 5.69 Å². The third-order valence-corrected chi connectivity index (χ3v) is 4.84. The van der Waals surface area contributed by atoms with Crippen molar-refractivity contribution in [3.05, 3.63) is 59.4 Å². The normalized spacial score (nSPS) is 10.5. The Labute approximate surface area is 144 Å². The minimum absolute atomic E-state index is 0.0895. The van der Waals surface area contributed by atoms with E-state index in [0.717, 1.165) is 22.0 Å². The lowest BCUT2D eigenvalue weighted by Crippen LogP contribution is -2.26.